The van der Waals surface area contributed by atoms with Crippen molar-refractivity contribution < 1.29 is 41.4 Å². The number of halogens is 6. The molecular formula is C40H42F6N10O3. The van der Waals surface area contributed by atoms with E-state index in [4.69, 9.17) is 10.2 Å². The Hall–Kier alpha value is -5.79. The number of nitrogens with zero attached hydrogens (tertiary/aromatic N) is 7. The Morgan fingerprint density at radius 2 is 1.27 bits per heavy atom. The number of anilines is 2. The van der Waals surface area contributed by atoms with E-state index in [1.165, 1.54) is 19.1 Å². The topological polar surface area (TPSA) is 157 Å². The standard InChI is InChI=1S/C21H22F3N5O2.C19H20F3N5O/c1-13(31)28-8-5-14(6-9-28)18-12-26-20-19(25-7-2-10-30)27-16-11-15(21(22,23)24)3-4-17(16)29(18)20;20-19(21,22)13-2-3-15-14(10-13)26-17(24-6-1-9-28)18-25-11-16(27(15)18)12-4-7-23-8-5-12/h3-5,11-12,30H,2,6-10H2,1H3,(H,25,27);2-4,10-11,23,28H,1,5-9H2,(H,24,26). The fourth-order valence-corrected chi connectivity index (χ4v) is 7.13. The number of amides is 1. The summed E-state index contributed by atoms with van der Waals surface area (Å²) in [5.74, 6) is 0.757. The molecule has 0 saturated carbocycles. The van der Waals surface area contributed by atoms with Gasteiger partial charge in [0.2, 0.25) is 5.91 Å². The maximum Gasteiger partial charge on any atom is 0.416 e. The molecule has 5 N–H and O–H groups in total. The number of hydrogen-bond acceptors (Lipinski definition) is 10. The molecule has 1 amide bonds. The third-order valence-corrected chi connectivity index (χ3v) is 10.1. The van der Waals surface area contributed by atoms with E-state index in [2.05, 4.69) is 42.0 Å². The Kier molecular flexibility index (Phi) is 12.1. The number of hydrogen-bond donors (Lipinski definition) is 5. The molecule has 0 unspecified atom stereocenters. The summed E-state index contributed by atoms with van der Waals surface area (Å²) in [7, 11) is 0. The first kappa shape index (κ1) is 41.4. The number of rotatable bonds is 10. The zero-order chi connectivity index (χ0) is 41.9. The van der Waals surface area contributed by atoms with Gasteiger partial charge in [-0.1, -0.05) is 12.2 Å². The van der Waals surface area contributed by atoms with Gasteiger partial charge in [-0.25, -0.2) is 19.9 Å². The van der Waals surface area contributed by atoms with Gasteiger partial charge >= 0.3 is 12.4 Å². The van der Waals surface area contributed by atoms with Crippen LogP contribution in [0, 0.1) is 0 Å². The fourth-order valence-electron chi connectivity index (χ4n) is 7.13. The normalized spacial score (nSPS) is 15.0. The summed E-state index contributed by atoms with van der Waals surface area (Å²) in [4.78, 5) is 31.1. The Labute approximate surface area is 333 Å². The van der Waals surface area contributed by atoms with Gasteiger partial charge in [-0.15, -0.1) is 0 Å². The van der Waals surface area contributed by atoms with Crippen LogP contribution in [-0.2, 0) is 17.1 Å². The first-order valence-electron chi connectivity index (χ1n) is 19.1. The molecule has 59 heavy (non-hydrogen) atoms. The predicted octanol–water partition coefficient (Wildman–Crippen LogP) is 6.40. The van der Waals surface area contributed by atoms with Crippen molar-refractivity contribution >= 4 is 62.1 Å². The van der Waals surface area contributed by atoms with Gasteiger partial charge in [-0.3, -0.25) is 13.6 Å². The molecule has 19 heteroatoms. The monoisotopic (exact) mass is 824 g/mol. The third-order valence-electron chi connectivity index (χ3n) is 10.1. The minimum absolute atomic E-state index is 0.00172. The number of carbonyl (C=O) groups excluding carboxylic acids is 1. The highest BCUT2D eigenvalue weighted by molar-refractivity contribution is 5.88. The maximum atomic E-state index is 13.3. The van der Waals surface area contributed by atoms with E-state index in [0.717, 1.165) is 66.3 Å². The van der Waals surface area contributed by atoms with E-state index in [-0.39, 0.29) is 30.2 Å². The van der Waals surface area contributed by atoms with Crippen LogP contribution >= 0.6 is 0 Å². The van der Waals surface area contributed by atoms with Gasteiger partial charge < -0.3 is 31.1 Å². The van der Waals surface area contributed by atoms with E-state index in [9.17, 15) is 31.1 Å². The minimum atomic E-state index is -4.48. The van der Waals surface area contributed by atoms with Gasteiger partial charge in [0, 0.05) is 52.9 Å². The second-order valence-corrected chi connectivity index (χ2v) is 14.1. The summed E-state index contributed by atoms with van der Waals surface area (Å²) in [6.45, 7) is 4.98. The van der Waals surface area contributed by atoms with Crippen molar-refractivity contribution in [3.63, 3.8) is 0 Å². The highest BCUT2D eigenvalue weighted by Gasteiger charge is 2.32. The van der Waals surface area contributed by atoms with Crippen LogP contribution in [0.1, 0.15) is 55.1 Å². The van der Waals surface area contributed by atoms with Crippen LogP contribution in [0.5, 0.6) is 0 Å². The molecule has 312 valence electrons. The van der Waals surface area contributed by atoms with Crippen LogP contribution in [-0.4, -0.2) is 102 Å². The summed E-state index contributed by atoms with van der Waals surface area (Å²) in [5, 5.41) is 27.5. The summed E-state index contributed by atoms with van der Waals surface area (Å²) >= 11 is 0. The van der Waals surface area contributed by atoms with Crippen molar-refractivity contribution in [2.24, 2.45) is 0 Å². The van der Waals surface area contributed by atoms with Gasteiger partial charge in [0.1, 0.15) is 0 Å². The molecule has 2 aromatic carbocycles. The number of imidazole rings is 2. The highest BCUT2D eigenvalue weighted by Crippen LogP contribution is 2.36. The van der Waals surface area contributed by atoms with E-state index >= 15 is 0 Å². The lowest BCUT2D eigenvalue weighted by Gasteiger charge is -2.25. The van der Waals surface area contributed by atoms with Crippen LogP contribution in [0.15, 0.2) is 60.9 Å². The Morgan fingerprint density at radius 1 is 0.763 bits per heavy atom. The predicted molar refractivity (Wildman–Crippen MR) is 212 cm³/mol. The summed E-state index contributed by atoms with van der Waals surface area (Å²) in [5.41, 5.74) is 4.73. The first-order valence-corrected chi connectivity index (χ1v) is 19.1. The summed E-state index contributed by atoms with van der Waals surface area (Å²) in [6, 6.07) is 7.06. The molecule has 0 fully saturated rings. The van der Waals surface area contributed by atoms with Gasteiger partial charge in [-0.2, -0.15) is 26.3 Å². The van der Waals surface area contributed by atoms with Crippen LogP contribution in [0.2, 0.25) is 0 Å². The van der Waals surface area contributed by atoms with Crippen molar-refractivity contribution in [1.82, 2.24) is 39.0 Å². The molecule has 0 radical (unpaired) electrons. The summed E-state index contributed by atoms with van der Waals surface area (Å²) < 4.78 is 83.0. The van der Waals surface area contributed by atoms with Gasteiger partial charge in [-0.05, 0) is 79.8 Å². The number of nitrogens with one attached hydrogen (secondary N) is 3. The number of aliphatic hydroxyl groups excluding tert-OH is 2. The molecule has 13 nitrogen and oxygen atoms in total. The third kappa shape index (κ3) is 8.81. The van der Waals surface area contributed by atoms with E-state index < -0.39 is 23.5 Å². The lowest BCUT2D eigenvalue weighted by Crippen LogP contribution is -2.32. The molecule has 4 aromatic heterocycles. The molecule has 0 saturated heterocycles. The lowest BCUT2D eigenvalue weighted by molar-refractivity contribution is -0.138. The molecule has 6 heterocycles. The van der Waals surface area contributed by atoms with E-state index in [1.54, 1.807) is 21.7 Å². The van der Waals surface area contributed by atoms with Crippen molar-refractivity contribution in [3.8, 4) is 0 Å². The quantitative estimate of drug-likeness (QED) is 0.0774. The number of aliphatic hydroxyl groups is 2. The molecule has 0 atom stereocenters. The van der Waals surface area contributed by atoms with Crippen molar-refractivity contribution in [2.45, 2.75) is 45.0 Å². The number of alkyl halides is 6. The maximum absolute atomic E-state index is 13.3. The van der Waals surface area contributed by atoms with Crippen molar-refractivity contribution in [2.75, 3.05) is 63.1 Å². The van der Waals surface area contributed by atoms with Crippen LogP contribution in [0.25, 0.3) is 44.5 Å². The minimum Gasteiger partial charge on any atom is -0.396 e. The molecule has 8 rings (SSSR count). The molecule has 0 aliphatic carbocycles. The number of fused-ring (bicyclic) bond motifs is 6. The zero-order valence-corrected chi connectivity index (χ0v) is 32.0. The number of benzene rings is 2. The van der Waals surface area contributed by atoms with E-state index in [1.807, 2.05) is 10.5 Å². The smallest absolute Gasteiger partial charge is 0.396 e. The average Bonchev–Trinajstić information content (AvgIpc) is 3.87. The molecule has 0 bridgehead atoms. The van der Waals surface area contributed by atoms with Crippen molar-refractivity contribution in [1.29, 1.82) is 0 Å². The Balaban J connectivity index is 0.000000180. The number of aromatic nitrogens is 6. The van der Waals surface area contributed by atoms with Gasteiger partial charge in [0.25, 0.3) is 0 Å². The number of carbonyl (C=O) groups is 1. The first-order chi connectivity index (χ1) is 28.3. The molecule has 6 aromatic rings. The highest BCUT2D eigenvalue weighted by atomic mass is 19.4. The fraction of sp³-hybridized carbons (Fsp3) is 0.375. The Bertz CT molecular complexity index is 2560. The summed E-state index contributed by atoms with van der Waals surface area (Å²) in [6.07, 6.45) is 0.915. The molecule has 2 aliphatic rings. The van der Waals surface area contributed by atoms with Gasteiger partial charge in [0.15, 0.2) is 22.9 Å². The SMILES string of the molecule is CC(=O)N1CC=C(c2cnc3c(NCCCO)nc4cc(C(F)(F)F)ccc4n23)CC1.OCCCNc1nc2cc(C(F)(F)F)ccc2n2c(C3=CCNCC3)cnc12. The zero-order valence-electron chi connectivity index (χ0n) is 32.0. The van der Waals surface area contributed by atoms with E-state index in [0.29, 0.717) is 79.4 Å². The molecular weight excluding hydrogens is 782 g/mol. The average molecular weight is 825 g/mol. The second kappa shape index (κ2) is 17.2. The largest absolute Gasteiger partial charge is 0.416 e. The van der Waals surface area contributed by atoms with Crippen molar-refractivity contribution in [3.05, 3.63) is 83.5 Å². The van der Waals surface area contributed by atoms with Crippen LogP contribution in [0.4, 0.5) is 38.0 Å². The molecule has 2 aliphatic heterocycles. The lowest BCUT2D eigenvalue weighted by atomic mass is 10.0. The molecule has 0 spiro atoms. The van der Waals surface area contributed by atoms with Crippen LogP contribution in [0.3, 0.4) is 0 Å². The Morgan fingerprint density at radius 3 is 1.68 bits per heavy atom. The van der Waals surface area contributed by atoms with Gasteiger partial charge in [0.05, 0.1) is 57.0 Å². The second-order valence-electron chi connectivity index (χ2n) is 14.1. The van der Waals surface area contributed by atoms with Crippen LogP contribution < -0.4 is 16.0 Å².